The lowest BCUT2D eigenvalue weighted by Crippen LogP contribution is -2.27. The highest BCUT2D eigenvalue weighted by atomic mass is 32.1. The first-order valence-corrected chi connectivity index (χ1v) is 7.90. The van der Waals surface area contributed by atoms with Crippen LogP contribution < -0.4 is 10.6 Å². The van der Waals surface area contributed by atoms with Crippen LogP contribution in [0.3, 0.4) is 0 Å². The molecule has 2 N–H and O–H groups in total. The van der Waals surface area contributed by atoms with Crippen LogP contribution in [0.1, 0.15) is 45.7 Å². The summed E-state index contributed by atoms with van der Waals surface area (Å²) in [6.07, 6.45) is 1.63. The van der Waals surface area contributed by atoms with E-state index in [1.54, 1.807) is 17.5 Å². The van der Waals surface area contributed by atoms with Crippen LogP contribution in [0.5, 0.6) is 0 Å². The number of amides is 1. The Morgan fingerprint density at radius 3 is 2.76 bits per heavy atom. The van der Waals surface area contributed by atoms with E-state index in [0.717, 1.165) is 22.8 Å². The van der Waals surface area contributed by atoms with E-state index in [-0.39, 0.29) is 11.9 Å². The summed E-state index contributed by atoms with van der Waals surface area (Å²) in [5, 5.41) is 6.25. The number of hydrogen-bond acceptors (Lipinski definition) is 4. The predicted octanol–water partition coefficient (Wildman–Crippen LogP) is 3.68. The highest BCUT2D eigenvalue weighted by molar-refractivity contribution is 7.12. The molecule has 2 heterocycles. The molecule has 21 heavy (non-hydrogen) atoms. The topological polar surface area (TPSA) is 54.0 Å². The van der Waals surface area contributed by atoms with Gasteiger partial charge in [-0.25, -0.2) is 0 Å². The molecule has 0 fully saturated rings. The number of carbonyl (C=O) groups is 1. The van der Waals surface area contributed by atoms with Crippen LogP contribution in [0.4, 0.5) is 5.69 Å². The Kier molecular flexibility index (Phi) is 4.96. The zero-order valence-electron chi connectivity index (χ0n) is 12.9. The van der Waals surface area contributed by atoms with E-state index in [1.807, 2.05) is 26.8 Å². The maximum Gasteiger partial charge on any atom is 0.255 e. The van der Waals surface area contributed by atoms with E-state index in [9.17, 15) is 4.79 Å². The van der Waals surface area contributed by atoms with Gasteiger partial charge in [-0.05, 0) is 45.9 Å². The number of pyridine rings is 1. The Labute approximate surface area is 129 Å². The summed E-state index contributed by atoms with van der Waals surface area (Å²) in [5.74, 6) is -0.1000. The molecule has 0 aliphatic carbocycles. The molecule has 2 aromatic heterocycles. The third-order valence-electron chi connectivity index (χ3n) is 3.19. The third-order valence-corrected chi connectivity index (χ3v) is 4.37. The molecule has 0 aromatic carbocycles. The van der Waals surface area contributed by atoms with Crippen molar-refractivity contribution in [2.24, 2.45) is 0 Å². The van der Waals surface area contributed by atoms with Crippen molar-refractivity contribution >= 4 is 22.9 Å². The van der Waals surface area contributed by atoms with Crippen molar-refractivity contribution in [2.45, 2.75) is 33.7 Å². The molecule has 2 aromatic rings. The fraction of sp³-hybridized carbons (Fsp3) is 0.375. The molecule has 0 radical (unpaired) electrons. The zero-order valence-corrected chi connectivity index (χ0v) is 13.7. The summed E-state index contributed by atoms with van der Waals surface area (Å²) in [6.45, 7) is 8.76. The zero-order chi connectivity index (χ0) is 15.4. The lowest BCUT2D eigenvalue weighted by atomic mass is 10.1. The van der Waals surface area contributed by atoms with Crippen molar-refractivity contribution in [3.8, 4) is 0 Å². The second kappa shape index (κ2) is 6.72. The standard InChI is InChI=1S/C16H21N3OS/c1-5-17-14-8-10(2)18-9-13(14)16(20)19-12(4)15-7-6-11(3)21-15/h6-9,12H,5H2,1-4H3,(H,17,18)(H,19,20). The van der Waals surface area contributed by atoms with Crippen LogP contribution >= 0.6 is 11.3 Å². The lowest BCUT2D eigenvalue weighted by molar-refractivity contribution is 0.0941. The van der Waals surface area contributed by atoms with Crippen molar-refractivity contribution in [3.05, 3.63) is 45.4 Å². The van der Waals surface area contributed by atoms with Crippen LogP contribution in [0, 0.1) is 13.8 Å². The number of nitrogens with one attached hydrogen (secondary N) is 2. The summed E-state index contributed by atoms with van der Waals surface area (Å²) in [6, 6.07) is 6.02. The summed E-state index contributed by atoms with van der Waals surface area (Å²) in [4.78, 5) is 19.1. The first kappa shape index (κ1) is 15.5. The van der Waals surface area contributed by atoms with Crippen LogP contribution in [-0.4, -0.2) is 17.4 Å². The molecule has 2 rings (SSSR count). The minimum absolute atomic E-state index is 0.00743. The maximum absolute atomic E-state index is 12.5. The first-order valence-electron chi connectivity index (χ1n) is 7.09. The molecule has 0 saturated carbocycles. The smallest absolute Gasteiger partial charge is 0.255 e. The second-order valence-electron chi connectivity index (χ2n) is 5.05. The Bertz CT molecular complexity index is 636. The lowest BCUT2D eigenvalue weighted by Gasteiger charge is -2.15. The van der Waals surface area contributed by atoms with Gasteiger partial charge >= 0.3 is 0 Å². The van der Waals surface area contributed by atoms with Crippen molar-refractivity contribution in [1.82, 2.24) is 10.3 Å². The number of rotatable bonds is 5. The molecule has 1 atom stereocenters. The predicted molar refractivity (Wildman–Crippen MR) is 88.1 cm³/mol. The van der Waals surface area contributed by atoms with Crippen LogP contribution in [0.15, 0.2) is 24.4 Å². The van der Waals surface area contributed by atoms with E-state index in [1.165, 1.54) is 4.88 Å². The van der Waals surface area contributed by atoms with Crippen molar-refractivity contribution in [3.63, 3.8) is 0 Å². The number of thiophene rings is 1. The van der Waals surface area contributed by atoms with Gasteiger partial charge < -0.3 is 10.6 Å². The molecular weight excluding hydrogens is 282 g/mol. The molecule has 1 unspecified atom stereocenters. The van der Waals surface area contributed by atoms with E-state index in [4.69, 9.17) is 0 Å². The molecule has 112 valence electrons. The average Bonchev–Trinajstić information content (AvgIpc) is 2.86. The normalized spacial score (nSPS) is 12.0. The summed E-state index contributed by atoms with van der Waals surface area (Å²) >= 11 is 1.70. The average molecular weight is 303 g/mol. The summed E-state index contributed by atoms with van der Waals surface area (Å²) in [7, 11) is 0. The number of anilines is 1. The fourth-order valence-electron chi connectivity index (χ4n) is 2.11. The van der Waals surface area contributed by atoms with Gasteiger partial charge in [0.2, 0.25) is 0 Å². The van der Waals surface area contributed by atoms with E-state index in [2.05, 4.69) is 34.7 Å². The minimum atomic E-state index is -0.1000. The van der Waals surface area contributed by atoms with Crippen LogP contribution in [0.25, 0.3) is 0 Å². The second-order valence-corrected chi connectivity index (χ2v) is 6.36. The molecule has 0 spiro atoms. The maximum atomic E-state index is 12.5. The van der Waals surface area contributed by atoms with Gasteiger partial charge in [0.15, 0.2) is 0 Å². The molecule has 0 aliphatic rings. The highest BCUT2D eigenvalue weighted by Gasteiger charge is 2.16. The number of hydrogen-bond donors (Lipinski definition) is 2. The van der Waals surface area contributed by atoms with Crippen LogP contribution in [0.2, 0.25) is 0 Å². The number of aromatic nitrogens is 1. The summed E-state index contributed by atoms with van der Waals surface area (Å²) in [5.41, 5.74) is 2.31. The van der Waals surface area contributed by atoms with E-state index in [0.29, 0.717) is 5.56 Å². The largest absolute Gasteiger partial charge is 0.385 e. The van der Waals surface area contributed by atoms with Crippen molar-refractivity contribution in [2.75, 3.05) is 11.9 Å². The Morgan fingerprint density at radius 1 is 1.38 bits per heavy atom. The number of aryl methyl sites for hydroxylation is 2. The van der Waals surface area contributed by atoms with E-state index < -0.39 is 0 Å². The molecule has 4 nitrogen and oxygen atoms in total. The molecule has 1 amide bonds. The fourth-order valence-corrected chi connectivity index (χ4v) is 2.99. The third kappa shape index (κ3) is 3.82. The van der Waals surface area contributed by atoms with Gasteiger partial charge in [-0.2, -0.15) is 0 Å². The highest BCUT2D eigenvalue weighted by Crippen LogP contribution is 2.23. The molecule has 0 aliphatic heterocycles. The van der Waals surface area contributed by atoms with Gasteiger partial charge in [0, 0.05) is 28.2 Å². The van der Waals surface area contributed by atoms with Gasteiger partial charge in [-0.15, -0.1) is 11.3 Å². The van der Waals surface area contributed by atoms with Gasteiger partial charge in [0.05, 0.1) is 17.3 Å². The summed E-state index contributed by atoms with van der Waals surface area (Å²) < 4.78 is 0. The van der Waals surface area contributed by atoms with Crippen molar-refractivity contribution in [1.29, 1.82) is 0 Å². The van der Waals surface area contributed by atoms with E-state index >= 15 is 0 Å². The Hall–Kier alpha value is -1.88. The molecule has 0 saturated heterocycles. The van der Waals surface area contributed by atoms with Gasteiger partial charge in [0.25, 0.3) is 5.91 Å². The Morgan fingerprint density at radius 2 is 2.14 bits per heavy atom. The van der Waals surface area contributed by atoms with Crippen LogP contribution in [-0.2, 0) is 0 Å². The SMILES string of the molecule is CCNc1cc(C)ncc1C(=O)NC(C)c1ccc(C)s1. The molecular formula is C16H21N3OS. The monoisotopic (exact) mass is 303 g/mol. The van der Waals surface area contributed by atoms with Gasteiger partial charge in [0.1, 0.15) is 0 Å². The minimum Gasteiger partial charge on any atom is -0.385 e. The molecule has 0 bridgehead atoms. The Balaban J connectivity index is 2.16. The first-order chi connectivity index (χ1) is 10.0. The van der Waals surface area contributed by atoms with Gasteiger partial charge in [-0.3, -0.25) is 9.78 Å². The number of carbonyl (C=O) groups excluding carboxylic acids is 1. The quantitative estimate of drug-likeness (QED) is 0.886. The number of nitrogens with zero attached hydrogens (tertiary/aromatic N) is 1. The molecule has 5 heteroatoms. The van der Waals surface area contributed by atoms with Gasteiger partial charge in [-0.1, -0.05) is 0 Å². The van der Waals surface area contributed by atoms with Crippen molar-refractivity contribution < 1.29 is 4.79 Å².